The first kappa shape index (κ1) is 14.4. The molecular weight excluding hydrogens is 248 g/mol. The Kier molecular flexibility index (Phi) is 5.30. The van der Waals surface area contributed by atoms with Gasteiger partial charge in [-0.1, -0.05) is 30.3 Å². The molecule has 2 rings (SSSR count). The van der Waals surface area contributed by atoms with Crippen molar-refractivity contribution in [2.75, 3.05) is 13.7 Å². The second-order valence-electron chi connectivity index (χ2n) is 4.58. The predicted molar refractivity (Wildman–Crippen MR) is 68.4 cm³/mol. The van der Waals surface area contributed by atoms with Crippen LogP contribution in [-0.2, 0) is 20.8 Å². The van der Waals surface area contributed by atoms with Crippen molar-refractivity contribution >= 4 is 0 Å². The molecule has 0 spiro atoms. The molecule has 0 bridgehead atoms. The van der Waals surface area contributed by atoms with E-state index in [1.165, 1.54) is 7.11 Å². The van der Waals surface area contributed by atoms with Gasteiger partial charge in [0, 0.05) is 13.5 Å². The summed E-state index contributed by atoms with van der Waals surface area (Å²) in [5.74, 6) is 0. The smallest absolute Gasteiger partial charge is 0.160 e. The van der Waals surface area contributed by atoms with Crippen LogP contribution in [0.3, 0.4) is 0 Å². The fourth-order valence-electron chi connectivity index (χ4n) is 2.15. The molecule has 1 aromatic rings. The van der Waals surface area contributed by atoms with Crippen molar-refractivity contribution in [2.24, 2.45) is 0 Å². The standard InChI is InChI=1S/C14H20O5/c1-17-13-7-11(14(16)12(8-15)19-13)18-9-10-5-3-2-4-6-10/h2-6,11-16H,7-9H2,1H3/t11-,12-,13+,14+/m1/s1. The minimum Gasteiger partial charge on any atom is -0.394 e. The van der Waals surface area contributed by atoms with Crippen LogP contribution in [0.25, 0.3) is 0 Å². The van der Waals surface area contributed by atoms with E-state index in [2.05, 4.69) is 0 Å². The van der Waals surface area contributed by atoms with E-state index in [9.17, 15) is 10.2 Å². The van der Waals surface area contributed by atoms with Crippen LogP contribution in [0.1, 0.15) is 12.0 Å². The molecule has 0 aliphatic carbocycles. The van der Waals surface area contributed by atoms with Gasteiger partial charge in [0.15, 0.2) is 6.29 Å². The molecule has 0 amide bonds. The fourth-order valence-corrected chi connectivity index (χ4v) is 2.15. The number of ether oxygens (including phenoxy) is 3. The molecule has 0 unspecified atom stereocenters. The molecule has 1 saturated heterocycles. The Hall–Kier alpha value is -0.980. The third-order valence-electron chi connectivity index (χ3n) is 3.26. The monoisotopic (exact) mass is 268 g/mol. The highest BCUT2D eigenvalue weighted by Gasteiger charge is 2.38. The molecule has 1 aromatic carbocycles. The number of rotatable bonds is 5. The minimum absolute atomic E-state index is 0.258. The first-order chi connectivity index (χ1) is 9.24. The molecule has 5 heteroatoms. The summed E-state index contributed by atoms with van der Waals surface area (Å²) in [4.78, 5) is 0. The van der Waals surface area contributed by atoms with Gasteiger partial charge in [-0.2, -0.15) is 0 Å². The molecule has 19 heavy (non-hydrogen) atoms. The van der Waals surface area contributed by atoms with E-state index in [1.807, 2.05) is 30.3 Å². The van der Waals surface area contributed by atoms with Crippen LogP contribution >= 0.6 is 0 Å². The lowest BCUT2D eigenvalue weighted by Gasteiger charge is -2.37. The van der Waals surface area contributed by atoms with E-state index in [0.717, 1.165) is 5.56 Å². The maximum Gasteiger partial charge on any atom is 0.160 e. The van der Waals surface area contributed by atoms with E-state index in [-0.39, 0.29) is 6.61 Å². The Morgan fingerprint density at radius 3 is 2.68 bits per heavy atom. The van der Waals surface area contributed by atoms with Crippen molar-refractivity contribution in [1.29, 1.82) is 0 Å². The molecule has 0 aromatic heterocycles. The summed E-state index contributed by atoms with van der Waals surface area (Å²) >= 11 is 0. The Morgan fingerprint density at radius 1 is 1.32 bits per heavy atom. The number of methoxy groups -OCH3 is 1. The quantitative estimate of drug-likeness (QED) is 0.822. The van der Waals surface area contributed by atoms with Gasteiger partial charge in [-0.25, -0.2) is 0 Å². The fraction of sp³-hybridized carbons (Fsp3) is 0.571. The van der Waals surface area contributed by atoms with Gasteiger partial charge in [0.05, 0.1) is 19.3 Å². The van der Waals surface area contributed by atoms with Crippen LogP contribution < -0.4 is 0 Å². The summed E-state index contributed by atoms with van der Waals surface area (Å²) < 4.78 is 16.2. The van der Waals surface area contributed by atoms with Gasteiger partial charge in [0.1, 0.15) is 12.2 Å². The second-order valence-corrected chi connectivity index (χ2v) is 4.58. The van der Waals surface area contributed by atoms with Gasteiger partial charge in [-0.15, -0.1) is 0 Å². The Morgan fingerprint density at radius 2 is 2.05 bits per heavy atom. The van der Waals surface area contributed by atoms with Crippen LogP contribution in [0.2, 0.25) is 0 Å². The third kappa shape index (κ3) is 3.75. The van der Waals surface area contributed by atoms with E-state index >= 15 is 0 Å². The molecule has 0 saturated carbocycles. The first-order valence-electron chi connectivity index (χ1n) is 6.37. The summed E-state index contributed by atoms with van der Waals surface area (Å²) in [6.07, 6.45) is -1.93. The molecule has 1 aliphatic heterocycles. The van der Waals surface area contributed by atoms with E-state index in [1.54, 1.807) is 0 Å². The molecule has 4 atom stereocenters. The molecule has 0 radical (unpaired) electrons. The Labute approximate surface area is 112 Å². The molecule has 1 fully saturated rings. The average Bonchev–Trinajstić information content (AvgIpc) is 2.47. The van der Waals surface area contributed by atoms with Crippen LogP contribution in [0.5, 0.6) is 0 Å². The highest BCUT2D eigenvalue weighted by Crippen LogP contribution is 2.24. The van der Waals surface area contributed by atoms with Gasteiger partial charge in [-0.05, 0) is 5.56 Å². The van der Waals surface area contributed by atoms with Crippen molar-refractivity contribution in [1.82, 2.24) is 0 Å². The summed E-state index contributed by atoms with van der Waals surface area (Å²) in [6.45, 7) is 0.156. The zero-order valence-corrected chi connectivity index (χ0v) is 10.9. The molecular formula is C14H20O5. The third-order valence-corrected chi connectivity index (χ3v) is 3.26. The SMILES string of the molecule is CO[C@@H]1C[C@@H](OCc2ccccc2)[C@H](O)[C@@H](CO)O1. The molecule has 2 N–H and O–H groups in total. The van der Waals surface area contributed by atoms with Gasteiger partial charge in [0.2, 0.25) is 0 Å². The predicted octanol–water partition coefficient (Wildman–Crippen LogP) is 0.686. The van der Waals surface area contributed by atoms with Gasteiger partial charge < -0.3 is 24.4 Å². The van der Waals surface area contributed by atoms with E-state index < -0.39 is 24.6 Å². The first-order valence-corrected chi connectivity index (χ1v) is 6.37. The lowest BCUT2D eigenvalue weighted by atomic mass is 10.0. The van der Waals surface area contributed by atoms with Crippen molar-refractivity contribution in [3.8, 4) is 0 Å². The average molecular weight is 268 g/mol. The number of aliphatic hydroxyl groups is 2. The van der Waals surface area contributed by atoms with Crippen molar-refractivity contribution in [3.05, 3.63) is 35.9 Å². The Balaban J connectivity index is 1.93. The molecule has 106 valence electrons. The van der Waals surface area contributed by atoms with Gasteiger partial charge in [0.25, 0.3) is 0 Å². The van der Waals surface area contributed by atoms with Crippen molar-refractivity contribution < 1.29 is 24.4 Å². The van der Waals surface area contributed by atoms with Crippen LogP contribution in [-0.4, -0.2) is 48.5 Å². The number of aliphatic hydroxyl groups excluding tert-OH is 2. The van der Waals surface area contributed by atoms with E-state index in [0.29, 0.717) is 13.0 Å². The van der Waals surface area contributed by atoms with Crippen molar-refractivity contribution in [3.63, 3.8) is 0 Å². The van der Waals surface area contributed by atoms with Crippen LogP contribution in [0.15, 0.2) is 30.3 Å². The molecule has 1 aliphatic rings. The summed E-state index contributed by atoms with van der Waals surface area (Å²) in [6, 6.07) is 9.74. The van der Waals surface area contributed by atoms with Crippen LogP contribution in [0.4, 0.5) is 0 Å². The lowest BCUT2D eigenvalue weighted by molar-refractivity contribution is -0.258. The lowest BCUT2D eigenvalue weighted by Crippen LogP contribution is -2.51. The maximum atomic E-state index is 10.1. The number of hydrogen-bond acceptors (Lipinski definition) is 5. The normalized spacial score (nSPS) is 31.3. The minimum atomic E-state index is -0.847. The second kappa shape index (κ2) is 6.98. The highest BCUT2D eigenvalue weighted by atomic mass is 16.7. The Bertz CT molecular complexity index is 369. The van der Waals surface area contributed by atoms with E-state index in [4.69, 9.17) is 14.2 Å². The largest absolute Gasteiger partial charge is 0.394 e. The molecule has 5 nitrogen and oxygen atoms in total. The van der Waals surface area contributed by atoms with Crippen LogP contribution in [0, 0.1) is 0 Å². The number of hydrogen-bond donors (Lipinski definition) is 2. The summed E-state index contributed by atoms with van der Waals surface area (Å²) in [5, 5.41) is 19.2. The summed E-state index contributed by atoms with van der Waals surface area (Å²) in [7, 11) is 1.53. The highest BCUT2D eigenvalue weighted by molar-refractivity contribution is 5.13. The summed E-state index contributed by atoms with van der Waals surface area (Å²) in [5.41, 5.74) is 1.04. The van der Waals surface area contributed by atoms with Gasteiger partial charge >= 0.3 is 0 Å². The zero-order valence-electron chi connectivity index (χ0n) is 10.9. The van der Waals surface area contributed by atoms with Gasteiger partial charge in [-0.3, -0.25) is 0 Å². The molecule has 1 heterocycles. The topological polar surface area (TPSA) is 68.2 Å². The number of benzene rings is 1. The zero-order chi connectivity index (χ0) is 13.7. The van der Waals surface area contributed by atoms with Crippen molar-refractivity contribution in [2.45, 2.75) is 37.6 Å². The maximum absolute atomic E-state index is 10.1.